The van der Waals surface area contributed by atoms with E-state index in [0.717, 1.165) is 18.2 Å². The van der Waals surface area contributed by atoms with Gasteiger partial charge in [0.05, 0.1) is 5.69 Å². The molecule has 1 aromatic heterocycles. The van der Waals surface area contributed by atoms with Crippen molar-refractivity contribution in [2.45, 2.75) is 19.3 Å². The third-order valence-electron chi connectivity index (χ3n) is 2.61. The van der Waals surface area contributed by atoms with Crippen molar-refractivity contribution in [3.05, 3.63) is 24.0 Å². The molecule has 0 aliphatic heterocycles. The van der Waals surface area contributed by atoms with Crippen LogP contribution in [0.2, 0.25) is 0 Å². The van der Waals surface area contributed by atoms with Crippen molar-refractivity contribution in [3.8, 4) is 0 Å². The molecule has 1 saturated carbocycles. The average Bonchev–Trinajstić information content (AvgIpc) is 3.02. The third kappa shape index (κ3) is 2.89. The number of rotatable bonds is 5. The quantitative estimate of drug-likeness (QED) is 0.746. The zero-order valence-corrected chi connectivity index (χ0v) is 9.39. The molecule has 1 aromatic rings. The molecular formula is C11H15N3S. The molecule has 0 aromatic carbocycles. The monoisotopic (exact) mass is 221 g/mol. The van der Waals surface area contributed by atoms with Crippen LogP contribution in [-0.2, 0) is 0 Å². The van der Waals surface area contributed by atoms with Crippen LogP contribution in [-0.4, -0.2) is 16.5 Å². The van der Waals surface area contributed by atoms with Gasteiger partial charge in [-0.3, -0.25) is 4.98 Å². The fraction of sp³-hybridized carbons (Fsp3) is 0.455. The second-order valence-corrected chi connectivity index (χ2v) is 4.36. The Kier molecular flexibility index (Phi) is 3.16. The molecule has 0 bridgehead atoms. The smallest absolute Gasteiger partial charge is 0.124 e. The summed E-state index contributed by atoms with van der Waals surface area (Å²) in [5, 5.41) is 3.34. The van der Waals surface area contributed by atoms with Crippen LogP contribution in [0.3, 0.4) is 0 Å². The van der Waals surface area contributed by atoms with Crippen LogP contribution in [0.1, 0.15) is 25.0 Å². The molecule has 0 unspecified atom stereocenters. The van der Waals surface area contributed by atoms with Crippen LogP contribution in [0.4, 0.5) is 5.69 Å². The molecule has 0 radical (unpaired) electrons. The van der Waals surface area contributed by atoms with Crippen LogP contribution in [0.5, 0.6) is 0 Å². The highest BCUT2D eigenvalue weighted by Gasteiger charge is 2.20. The molecule has 4 heteroatoms. The molecule has 1 heterocycles. The van der Waals surface area contributed by atoms with Crippen LogP contribution in [0.25, 0.3) is 0 Å². The summed E-state index contributed by atoms with van der Waals surface area (Å²) >= 11 is 4.94. The fourth-order valence-electron chi connectivity index (χ4n) is 1.56. The number of thiocarbonyl (C=S) groups is 1. The first-order chi connectivity index (χ1) is 7.27. The van der Waals surface area contributed by atoms with E-state index in [0.29, 0.717) is 10.7 Å². The maximum absolute atomic E-state index is 5.59. The van der Waals surface area contributed by atoms with Crippen molar-refractivity contribution in [3.63, 3.8) is 0 Å². The van der Waals surface area contributed by atoms with Gasteiger partial charge in [-0.05, 0) is 24.5 Å². The molecule has 1 aliphatic rings. The Morgan fingerprint density at radius 3 is 3.07 bits per heavy atom. The van der Waals surface area contributed by atoms with E-state index in [4.69, 9.17) is 18.0 Å². The molecule has 3 N–H and O–H groups in total. The van der Waals surface area contributed by atoms with E-state index in [9.17, 15) is 0 Å². The van der Waals surface area contributed by atoms with Crippen LogP contribution in [0.15, 0.2) is 18.3 Å². The van der Waals surface area contributed by atoms with E-state index in [1.807, 2.05) is 12.1 Å². The Labute approximate surface area is 95.1 Å². The molecular weight excluding hydrogens is 206 g/mol. The summed E-state index contributed by atoms with van der Waals surface area (Å²) in [5.41, 5.74) is 7.23. The zero-order chi connectivity index (χ0) is 10.7. The van der Waals surface area contributed by atoms with Crippen molar-refractivity contribution in [2.24, 2.45) is 11.7 Å². The lowest BCUT2D eigenvalue weighted by Crippen LogP contribution is -2.15. The van der Waals surface area contributed by atoms with E-state index < -0.39 is 0 Å². The summed E-state index contributed by atoms with van der Waals surface area (Å²) < 4.78 is 0. The van der Waals surface area contributed by atoms with Gasteiger partial charge >= 0.3 is 0 Å². The summed E-state index contributed by atoms with van der Waals surface area (Å²) in [4.78, 5) is 4.51. The van der Waals surface area contributed by atoms with Crippen molar-refractivity contribution < 1.29 is 0 Å². The van der Waals surface area contributed by atoms with Crippen molar-refractivity contribution >= 4 is 22.9 Å². The molecule has 3 nitrogen and oxygen atoms in total. The molecule has 80 valence electrons. The first kappa shape index (κ1) is 10.4. The minimum absolute atomic E-state index is 0.351. The predicted molar refractivity (Wildman–Crippen MR) is 66.0 cm³/mol. The van der Waals surface area contributed by atoms with Crippen LogP contribution < -0.4 is 11.1 Å². The third-order valence-corrected chi connectivity index (χ3v) is 2.80. The van der Waals surface area contributed by atoms with E-state index in [1.54, 1.807) is 6.20 Å². The molecule has 0 amide bonds. The lowest BCUT2D eigenvalue weighted by molar-refractivity contribution is 0.760. The number of aromatic nitrogens is 1. The van der Waals surface area contributed by atoms with E-state index >= 15 is 0 Å². The first-order valence-corrected chi connectivity index (χ1v) is 5.67. The van der Waals surface area contributed by atoms with Gasteiger partial charge in [-0.25, -0.2) is 0 Å². The summed E-state index contributed by atoms with van der Waals surface area (Å²) in [7, 11) is 0. The summed E-state index contributed by atoms with van der Waals surface area (Å²) in [6.07, 6.45) is 5.71. The highest BCUT2D eigenvalue weighted by atomic mass is 32.1. The van der Waals surface area contributed by atoms with Crippen LogP contribution >= 0.6 is 12.2 Å². The number of nitrogens with one attached hydrogen (secondary N) is 1. The Balaban J connectivity index is 1.95. The first-order valence-electron chi connectivity index (χ1n) is 5.26. The number of anilines is 1. The molecule has 0 atom stereocenters. The number of nitrogens with two attached hydrogens (primary N) is 1. The minimum Gasteiger partial charge on any atom is -0.388 e. The van der Waals surface area contributed by atoms with Crippen LogP contribution in [0, 0.1) is 5.92 Å². The molecule has 2 rings (SSSR count). The van der Waals surface area contributed by atoms with Crippen molar-refractivity contribution in [2.75, 3.05) is 11.9 Å². The SMILES string of the molecule is NC(=S)c1ncccc1NCCC1CC1. The molecule has 1 aliphatic carbocycles. The van der Waals surface area contributed by atoms with E-state index in [2.05, 4.69) is 10.3 Å². The summed E-state index contributed by atoms with van der Waals surface area (Å²) in [6, 6.07) is 3.86. The second-order valence-electron chi connectivity index (χ2n) is 3.92. The molecule has 0 saturated heterocycles. The number of hydrogen-bond donors (Lipinski definition) is 2. The Morgan fingerprint density at radius 1 is 1.60 bits per heavy atom. The number of pyridine rings is 1. The second kappa shape index (κ2) is 4.57. The van der Waals surface area contributed by atoms with Gasteiger partial charge in [0.2, 0.25) is 0 Å². The minimum atomic E-state index is 0.351. The van der Waals surface area contributed by atoms with Gasteiger partial charge in [0.25, 0.3) is 0 Å². The van der Waals surface area contributed by atoms with Gasteiger partial charge in [-0.1, -0.05) is 25.1 Å². The van der Waals surface area contributed by atoms with Gasteiger partial charge in [0.1, 0.15) is 10.7 Å². The molecule has 0 spiro atoms. The van der Waals surface area contributed by atoms with Gasteiger partial charge in [0.15, 0.2) is 0 Å². The average molecular weight is 221 g/mol. The maximum atomic E-state index is 5.59. The molecule has 1 fully saturated rings. The Hall–Kier alpha value is -1.16. The van der Waals surface area contributed by atoms with Gasteiger partial charge in [0, 0.05) is 12.7 Å². The standard InChI is InChI=1S/C11H15N3S/c12-11(15)10-9(2-1-6-14-10)13-7-5-8-3-4-8/h1-2,6,8,13H,3-5,7H2,(H2,12,15). The van der Waals surface area contributed by atoms with Gasteiger partial charge in [-0.15, -0.1) is 0 Å². The summed E-state index contributed by atoms with van der Waals surface area (Å²) in [6.45, 7) is 0.978. The Morgan fingerprint density at radius 2 is 2.40 bits per heavy atom. The lowest BCUT2D eigenvalue weighted by atomic mass is 10.2. The van der Waals surface area contributed by atoms with E-state index in [1.165, 1.54) is 19.3 Å². The Bertz CT molecular complexity index is 361. The zero-order valence-electron chi connectivity index (χ0n) is 8.57. The largest absolute Gasteiger partial charge is 0.388 e. The lowest BCUT2D eigenvalue weighted by Gasteiger charge is -2.09. The normalized spacial score (nSPS) is 14.9. The maximum Gasteiger partial charge on any atom is 0.124 e. The van der Waals surface area contributed by atoms with Gasteiger partial charge < -0.3 is 11.1 Å². The highest BCUT2D eigenvalue weighted by molar-refractivity contribution is 7.80. The topological polar surface area (TPSA) is 50.9 Å². The summed E-state index contributed by atoms with van der Waals surface area (Å²) in [5.74, 6) is 0.933. The van der Waals surface area contributed by atoms with Gasteiger partial charge in [-0.2, -0.15) is 0 Å². The van der Waals surface area contributed by atoms with Crippen molar-refractivity contribution in [1.82, 2.24) is 4.98 Å². The van der Waals surface area contributed by atoms with E-state index in [-0.39, 0.29) is 0 Å². The highest BCUT2D eigenvalue weighted by Crippen LogP contribution is 2.32. The van der Waals surface area contributed by atoms with Crippen molar-refractivity contribution in [1.29, 1.82) is 0 Å². The fourth-order valence-corrected chi connectivity index (χ4v) is 1.72. The predicted octanol–water partition coefficient (Wildman–Crippen LogP) is 1.93. The number of hydrogen-bond acceptors (Lipinski definition) is 3. The molecule has 15 heavy (non-hydrogen) atoms. The number of nitrogens with zero attached hydrogens (tertiary/aromatic N) is 1.